The number of hydrogen-bond acceptors (Lipinski definition) is 12. The SMILES string of the molecule is COC(=O)NCCNCCNC(=O)Oc1c2ccccc2c(OC(=O)NCCNCCNC(=O)OC)c2oc(C(C)=O)cc12. The molecule has 0 aliphatic heterocycles. The number of rotatable bonds is 15. The summed E-state index contributed by atoms with van der Waals surface area (Å²) in [6, 6.07) is 8.22. The van der Waals surface area contributed by atoms with E-state index in [0.717, 1.165) is 0 Å². The van der Waals surface area contributed by atoms with Crippen molar-refractivity contribution in [1.82, 2.24) is 31.9 Å². The molecule has 2 aromatic carbocycles. The number of amides is 4. The summed E-state index contributed by atoms with van der Waals surface area (Å²) in [5, 5.41) is 17.5. The van der Waals surface area contributed by atoms with Gasteiger partial charge in [0.25, 0.3) is 0 Å². The van der Waals surface area contributed by atoms with E-state index < -0.39 is 24.4 Å². The van der Waals surface area contributed by atoms with Gasteiger partial charge >= 0.3 is 24.4 Å². The summed E-state index contributed by atoms with van der Waals surface area (Å²) in [6.45, 7) is 4.16. The summed E-state index contributed by atoms with van der Waals surface area (Å²) in [5.41, 5.74) is 0.0543. The van der Waals surface area contributed by atoms with Gasteiger partial charge in [0.15, 0.2) is 28.6 Å². The van der Waals surface area contributed by atoms with Gasteiger partial charge in [0.05, 0.1) is 19.6 Å². The minimum Gasteiger partial charge on any atom is -0.453 e. The number of hydrogen-bond donors (Lipinski definition) is 6. The van der Waals surface area contributed by atoms with Crippen LogP contribution in [-0.4, -0.2) is 96.7 Å². The second-order valence-corrected chi connectivity index (χ2v) is 9.08. The van der Waals surface area contributed by atoms with Gasteiger partial charge in [-0.25, -0.2) is 19.2 Å². The molecule has 16 nitrogen and oxygen atoms in total. The van der Waals surface area contributed by atoms with Crippen LogP contribution in [0.5, 0.6) is 11.5 Å². The first-order valence-corrected chi connectivity index (χ1v) is 13.7. The highest BCUT2D eigenvalue weighted by atomic mass is 16.6. The summed E-state index contributed by atoms with van der Waals surface area (Å²) in [4.78, 5) is 59.7. The molecule has 0 saturated heterocycles. The Morgan fingerprint density at radius 3 is 1.50 bits per heavy atom. The third-order valence-electron chi connectivity index (χ3n) is 5.99. The minimum atomic E-state index is -0.771. The van der Waals surface area contributed by atoms with Gasteiger partial charge in [-0.1, -0.05) is 24.3 Å². The van der Waals surface area contributed by atoms with Crippen LogP contribution < -0.4 is 41.4 Å². The zero-order valence-corrected chi connectivity index (χ0v) is 24.6. The number of ether oxygens (including phenoxy) is 4. The van der Waals surface area contributed by atoms with Crippen LogP contribution in [-0.2, 0) is 9.47 Å². The van der Waals surface area contributed by atoms with Crippen LogP contribution in [0.3, 0.4) is 0 Å². The second-order valence-electron chi connectivity index (χ2n) is 9.08. The van der Waals surface area contributed by atoms with Gasteiger partial charge in [0.1, 0.15) is 0 Å². The molecule has 1 heterocycles. The fourth-order valence-electron chi connectivity index (χ4n) is 3.92. The van der Waals surface area contributed by atoms with Crippen molar-refractivity contribution < 1.29 is 47.3 Å². The number of methoxy groups -OCH3 is 2. The predicted octanol–water partition coefficient (Wildman–Crippen LogP) is 1.86. The van der Waals surface area contributed by atoms with Crippen molar-refractivity contribution in [2.24, 2.45) is 0 Å². The number of carbonyl (C=O) groups is 5. The maximum Gasteiger partial charge on any atom is 0.412 e. The number of fused-ring (bicyclic) bond motifs is 2. The lowest BCUT2D eigenvalue weighted by Crippen LogP contribution is -2.37. The number of nitrogens with one attached hydrogen (secondary N) is 6. The maximum atomic E-state index is 12.7. The van der Waals surface area contributed by atoms with Gasteiger partial charge in [-0.15, -0.1) is 0 Å². The average Bonchev–Trinajstić information content (AvgIpc) is 3.47. The third kappa shape index (κ3) is 9.74. The third-order valence-corrected chi connectivity index (χ3v) is 5.99. The highest BCUT2D eigenvalue weighted by Crippen LogP contribution is 2.44. The Morgan fingerprint density at radius 2 is 1.05 bits per heavy atom. The molecule has 6 N–H and O–H groups in total. The van der Waals surface area contributed by atoms with E-state index in [1.54, 1.807) is 24.3 Å². The molecule has 238 valence electrons. The molecule has 4 amide bonds. The molecule has 3 aromatic rings. The molecular weight excluding hydrogens is 580 g/mol. The molecule has 16 heteroatoms. The van der Waals surface area contributed by atoms with E-state index in [-0.39, 0.29) is 47.1 Å². The summed E-state index contributed by atoms with van der Waals surface area (Å²) < 4.78 is 26.1. The Morgan fingerprint density at radius 1 is 0.614 bits per heavy atom. The number of ketones is 1. The van der Waals surface area contributed by atoms with Crippen molar-refractivity contribution in [3.63, 3.8) is 0 Å². The largest absolute Gasteiger partial charge is 0.453 e. The standard InChI is InChI=1S/C28H36N6O10/c1-17(35)21-16-20-22(43-27(38)33-14-10-29-8-12-31-25(36)40-2)18-6-4-5-7-19(18)23(24(20)42-21)44-28(39)34-15-11-30-9-13-32-26(37)41-3/h4-7,16,29-30H,8-15H2,1-3H3,(H,31,36)(H,32,37)(H,33,38)(H,34,39). The minimum absolute atomic E-state index is 0.0136. The average molecular weight is 617 g/mol. The van der Waals surface area contributed by atoms with E-state index in [2.05, 4.69) is 41.4 Å². The molecule has 3 rings (SSSR count). The molecule has 0 atom stereocenters. The second kappa shape index (κ2) is 17.1. The Bertz CT molecular complexity index is 1370. The molecule has 0 spiro atoms. The Labute approximate surface area is 252 Å². The predicted molar refractivity (Wildman–Crippen MR) is 158 cm³/mol. The van der Waals surface area contributed by atoms with Crippen LogP contribution in [0.4, 0.5) is 19.2 Å². The number of benzene rings is 2. The highest BCUT2D eigenvalue weighted by molar-refractivity contribution is 6.12. The number of furan rings is 1. The van der Waals surface area contributed by atoms with Crippen molar-refractivity contribution in [2.75, 3.05) is 66.6 Å². The summed E-state index contributed by atoms with van der Waals surface area (Å²) in [6.07, 6.45) is -2.60. The first kappa shape index (κ1) is 33.4. The van der Waals surface area contributed by atoms with Crippen molar-refractivity contribution >= 4 is 51.9 Å². The van der Waals surface area contributed by atoms with E-state index in [1.165, 1.54) is 27.2 Å². The monoisotopic (exact) mass is 616 g/mol. The van der Waals surface area contributed by atoms with E-state index >= 15 is 0 Å². The zero-order chi connectivity index (χ0) is 31.9. The molecule has 0 fully saturated rings. The van der Waals surface area contributed by atoms with Gasteiger partial charge < -0.3 is 55.3 Å². The summed E-state index contributed by atoms with van der Waals surface area (Å²) >= 11 is 0. The van der Waals surface area contributed by atoms with Gasteiger partial charge in [0.2, 0.25) is 0 Å². The van der Waals surface area contributed by atoms with Gasteiger partial charge in [-0.3, -0.25) is 4.79 Å². The van der Waals surface area contributed by atoms with Crippen LogP contribution in [0.2, 0.25) is 0 Å². The lowest BCUT2D eigenvalue weighted by molar-refractivity contribution is 0.0989. The lowest BCUT2D eigenvalue weighted by Gasteiger charge is -2.14. The van der Waals surface area contributed by atoms with Crippen LogP contribution >= 0.6 is 0 Å². The van der Waals surface area contributed by atoms with Crippen LogP contribution in [0, 0.1) is 0 Å². The molecule has 0 aliphatic rings. The van der Waals surface area contributed by atoms with E-state index in [0.29, 0.717) is 50.0 Å². The molecule has 0 bridgehead atoms. The Hall–Kier alpha value is -5.09. The quantitative estimate of drug-likeness (QED) is 0.107. The number of Topliss-reactive ketones (excluding diaryl/α,β-unsaturated/α-hetero) is 1. The van der Waals surface area contributed by atoms with E-state index in [4.69, 9.17) is 13.9 Å². The summed E-state index contributed by atoms with van der Waals surface area (Å²) in [5.74, 6) is -0.220. The van der Waals surface area contributed by atoms with Gasteiger partial charge in [-0.05, 0) is 6.07 Å². The normalized spacial score (nSPS) is 10.6. The smallest absolute Gasteiger partial charge is 0.412 e. The van der Waals surface area contributed by atoms with E-state index in [9.17, 15) is 24.0 Å². The molecule has 1 aromatic heterocycles. The van der Waals surface area contributed by atoms with Crippen LogP contribution in [0.15, 0.2) is 34.7 Å². The van der Waals surface area contributed by atoms with E-state index in [1.807, 2.05) is 0 Å². The topological polar surface area (TPSA) is 208 Å². The summed E-state index contributed by atoms with van der Waals surface area (Å²) in [7, 11) is 2.55. The first-order chi connectivity index (χ1) is 21.2. The number of carbonyl (C=O) groups excluding carboxylic acids is 5. The molecule has 0 saturated carbocycles. The lowest BCUT2D eigenvalue weighted by atomic mass is 10.1. The van der Waals surface area contributed by atoms with Crippen molar-refractivity contribution in [3.8, 4) is 11.5 Å². The highest BCUT2D eigenvalue weighted by Gasteiger charge is 2.24. The zero-order valence-electron chi connectivity index (χ0n) is 24.6. The van der Waals surface area contributed by atoms with Crippen LogP contribution in [0.1, 0.15) is 17.5 Å². The van der Waals surface area contributed by atoms with Crippen molar-refractivity contribution in [1.29, 1.82) is 0 Å². The molecular formula is C28H36N6O10. The maximum absolute atomic E-state index is 12.7. The van der Waals surface area contributed by atoms with Gasteiger partial charge in [-0.2, -0.15) is 0 Å². The fraction of sp³-hybridized carbons (Fsp3) is 0.393. The Kier molecular flexibility index (Phi) is 13.0. The molecule has 44 heavy (non-hydrogen) atoms. The molecule has 0 radical (unpaired) electrons. The van der Waals surface area contributed by atoms with Crippen molar-refractivity contribution in [2.45, 2.75) is 6.92 Å². The van der Waals surface area contributed by atoms with Crippen LogP contribution in [0.25, 0.3) is 21.7 Å². The van der Waals surface area contributed by atoms with Gasteiger partial charge in [0, 0.05) is 70.1 Å². The molecule has 0 aliphatic carbocycles. The molecule has 0 unspecified atom stereocenters. The Balaban J connectivity index is 1.68. The first-order valence-electron chi connectivity index (χ1n) is 13.7. The van der Waals surface area contributed by atoms with Crippen molar-refractivity contribution in [3.05, 3.63) is 36.1 Å². The fourth-order valence-corrected chi connectivity index (χ4v) is 3.92. The number of alkyl carbamates (subject to hydrolysis) is 2.